The maximum Gasteiger partial charge on any atom is 0.276 e. The zero-order valence-electron chi connectivity index (χ0n) is 11.6. The molecule has 1 fully saturated rings. The number of amides is 1. The Morgan fingerprint density at radius 3 is 2.76 bits per heavy atom. The van der Waals surface area contributed by atoms with Crippen LogP contribution in [-0.2, 0) is 4.79 Å². The van der Waals surface area contributed by atoms with Gasteiger partial charge >= 0.3 is 0 Å². The first-order valence-corrected chi connectivity index (χ1v) is 8.35. The normalized spacial score (nSPS) is 16.6. The largest absolute Gasteiger partial charge is 0.495 e. The van der Waals surface area contributed by atoms with E-state index in [4.69, 9.17) is 17.0 Å². The second-order valence-corrected chi connectivity index (χ2v) is 6.61. The zero-order chi connectivity index (χ0) is 15.6. The predicted octanol–water partition coefficient (Wildman–Crippen LogP) is 3.69. The molecule has 0 spiro atoms. The van der Waals surface area contributed by atoms with E-state index in [1.165, 1.54) is 0 Å². The molecular formula is C14H14Br2N2O2S. The topological polar surface area (TPSA) is 41.6 Å². The number of carbonyl (C=O) groups excluding carboxylic acids is 1. The number of methoxy groups -OCH3 is 1. The van der Waals surface area contributed by atoms with Crippen LogP contribution in [0.5, 0.6) is 5.75 Å². The molecule has 0 radical (unpaired) electrons. The summed E-state index contributed by atoms with van der Waals surface area (Å²) in [4.78, 5) is 13.9. The van der Waals surface area contributed by atoms with Crippen molar-refractivity contribution in [3.63, 3.8) is 0 Å². The Kier molecular flexibility index (Phi) is 5.40. The van der Waals surface area contributed by atoms with Crippen LogP contribution in [0.3, 0.4) is 0 Å². The van der Waals surface area contributed by atoms with Gasteiger partial charge in [-0.2, -0.15) is 0 Å². The maximum atomic E-state index is 12.3. The van der Waals surface area contributed by atoms with Crippen LogP contribution in [0.25, 0.3) is 6.08 Å². The first-order chi connectivity index (χ1) is 9.97. The van der Waals surface area contributed by atoms with Gasteiger partial charge in [0.15, 0.2) is 5.11 Å². The van der Waals surface area contributed by atoms with E-state index in [9.17, 15) is 4.79 Å². The first kappa shape index (κ1) is 16.5. The molecule has 1 aromatic carbocycles. The van der Waals surface area contributed by atoms with Crippen LogP contribution >= 0.6 is 44.1 Å². The Hall–Kier alpha value is -0.920. The quantitative estimate of drug-likeness (QED) is 0.580. The van der Waals surface area contributed by atoms with Crippen LogP contribution in [0.2, 0.25) is 0 Å². The molecule has 7 heteroatoms. The highest BCUT2D eigenvalue weighted by atomic mass is 79.9. The lowest BCUT2D eigenvalue weighted by Crippen LogP contribution is -2.31. The molecule has 21 heavy (non-hydrogen) atoms. The van der Waals surface area contributed by atoms with E-state index >= 15 is 0 Å². The minimum absolute atomic E-state index is 0.111. The van der Waals surface area contributed by atoms with Crippen LogP contribution < -0.4 is 10.1 Å². The van der Waals surface area contributed by atoms with Gasteiger partial charge in [0.25, 0.3) is 5.91 Å². The summed E-state index contributed by atoms with van der Waals surface area (Å²) in [6, 6.07) is 3.77. The van der Waals surface area contributed by atoms with Crippen LogP contribution in [0, 0.1) is 0 Å². The minimum Gasteiger partial charge on any atom is -0.495 e. The SMILES string of the molecule is CCCN1C(=O)/C(=C/c2cc(Br)cc(Br)c2OC)NC1=S. The molecule has 1 aliphatic heterocycles. The minimum atomic E-state index is -0.111. The van der Waals surface area contributed by atoms with E-state index in [2.05, 4.69) is 37.2 Å². The fraction of sp³-hybridized carbons (Fsp3) is 0.286. The lowest BCUT2D eigenvalue weighted by Gasteiger charge is -2.11. The summed E-state index contributed by atoms with van der Waals surface area (Å²) >= 11 is 12.1. The van der Waals surface area contributed by atoms with Gasteiger partial charge in [-0.3, -0.25) is 9.69 Å². The van der Waals surface area contributed by atoms with E-state index in [0.717, 1.165) is 20.9 Å². The van der Waals surface area contributed by atoms with Crippen molar-refractivity contribution in [3.8, 4) is 5.75 Å². The third-order valence-corrected chi connectivity index (χ3v) is 4.32. The van der Waals surface area contributed by atoms with Crippen molar-refractivity contribution in [2.75, 3.05) is 13.7 Å². The summed E-state index contributed by atoms with van der Waals surface area (Å²) in [5.41, 5.74) is 1.24. The monoisotopic (exact) mass is 432 g/mol. The van der Waals surface area contributed by atoms with Gasteiger partial charge < -0.3 is 10.1 Å². The van der Waals surface area contributed by atoms with Crippen LogP contribution in [0.1, 0.15) is 18.9 Å². The highest BCUT2D eigenvalue weighted by Crippen LogP contribution is 2.34. The molecule has 0 saturated carbocycles. The Labute approximate surface area is 145 Å². The van der Waals surface area contributed by atoms with Gasteiger partial charge in [-0.25, -0.2) is 0 Å². The van der Waals surface area contributed by atoms with Gasteiger partial charge in [-0.1, -0.05) is 22.9 Å². The number of carbonyl (C=O) groups is 1. The number of benzene rings is 1. The number of halogens is 2. The molecule has 0 aromatic heterocycles. The molecule has 0 unspecified atom stereocenters. The van der Waals surface area contributed by atoms with Gasteiger partial charge in [0.05, 0.1) is 11.6 Å². The molecule has 1 heterocycles. The van der Waals surface area contributed by atoms with Crippen molar-refractivity contribution in [1.82, 2.24) is 10.2 Å². The summed E-state index contributed by atoms with van der Waals surface area (Å²) < 4.78 is 7.08. The van der Waals surface area contributed by atoms with E-state index < -0.39 is 0 Å². The third kappa shape index (κ3) is 3.46. The molecule has 1 aromatic rings. The van der Waals surface area contributed by atoms with Crippen molar-refractivity contribution in [2.45, 2.75) is 13.3 Å². The van der Waals surface area contributed by atoms with Gasteiger partial charge in [-0.15, -0.1) is 0 Å². The summed E-state index contributed by atoms with van der Waals surface area (Å²) in [6.45, 7) is 2.62. The Bertz CT molecular complexity index is 632. The number of thiocarbonyl (C=S) groups is 1. The van der Waals surface area contributed by atoms with Gasteiger partial charge in [0.2, 0.25) is 0 Å². The number of hydrogen-bond donors (Lipinski definition) is 1. The predicted molar refractivity (Wildman–Crippen MR) is 94.1 cm³/mol. The molecule has 1 N–H and O–H groups in total. The van der Waals surface area contributed by atoms with Gasteiger partial charge in [-0.05, 0) is 52.8 Å². The molecule has 0 atom stereocenters. The average molecular weight is 434 g/mol. The molecule has 1 saturated heterocycles. The highest BCUT2D eigenvalue weighted by molar-refractivity contribution is 9.11. The van der Waals surface area contributed by atoms with Crippen molar-refractivity contribution in [3.05, 3.63) is 32.3 Å². The van der Waals surface area contributed by atoms with Crippen molar-refractivity contribution in [1.29, 1.82) is 0 Å². The standard InChI is InChI=1S/C14H14Br2N2O2S/c1-3-4-18-13(19)11(17-14(18)21)6-8-5-9(15)7-10(16)12(8)20-2/h5-7H,3-4H2,1-2H3,(H,17,21)/b11-6-. The van der Waals surface area contributed by atoms with Gasteiger partial charge in [0, 0.05) is 16.6 Å². The summed E-state index contributed by atoms with van der Waals surface area (Å²) in [5.74, 6) is 0.556. The van der Waals surface area contributed by atoms with Crippen LogP contribution in [0.15, 0.2) is 26.8 Å². The third-order valence-electron chi connectivity index (χ3n) is 2.95. The molecule has 2 rings (SSSR count). The number of ether oxygens (including phenoxy) is 1. The number of nitrogens with zero attached hydrogens (tertiary/aromatic N) is 1. The van der Waals surface area contributed by atoms with E-state index in [-0.39, 0.29) is 5.91 Å². The number of rotatable bonds is 4. The molecule has 1 aliphatic rings. The second kappa shape index (κ2) is 6.89. The Morgan fingerprint density at radius 2 is 2.14 bits per heavy atom. The Balaban J connectivity index is 2.41. The van der Waals surface area contributed by atoms with E-state index in [1.807, 2.05) is 19.1 Å². The smallest absolute Gasteiger partial charge is 0.276 e. The summed E-state index contributed by atoms with van der Waals surface area (Å²) in [7, 11) is 1.59. The van der Waals surface area contributed by atoms with Gasteiger partial charge in [0.1, 0.15) is 11.4 Å². The fourth-order valence-electron chi connectivity index (χ4n) is 2.06. The van der Waals surface area contributed by atoms with Crippen LogP contribution in [0.4, 0.5) is 0 Å². The molecule has 112 valence electrons. The lowest BCUT2D eigenvalue weighted by atomic mass is 10.1. The van der Waals surface area contributed by atoms with Crippen LogP contribution in [-0.4, -0.2) is 29.6 Å². The molecule has 0 aliphatic carbocycles. The molecule has 0 bridgehead atoms. The van der Waals surface area contributed by atoms with Crippen molar-refractivity contribution < 1.29 is 9.53 Å². The molecular weight excluding hydrogens is 420 g/mol. The first-order valence-electron chi connectivity index (χ1n) is 6.35. The fourth-order valence-corrected chi connectivity index (χ4v) is 3.76. The number of nitrogens with one attached hydrogen (secondary N) is 1. The van der Waals surface area contributed by atoms with E-state index in [1.54, 1.807) is 18.1 Å². The molecule has 1 amide bonds. The average Bonchev–Trinajstić information content (AvgIpc) is 2.66. The second-order valence-electron chi connectivity index (χ2n) is 4.46. The lowest BCUT2D eigenvalue weighted by molar-refractivity contribution is -0.122. The molecule has 4 nitrogen and oxygen atoms in total. The zero-order valence-corrected chi connectivity index (χ0v) is 15.6. The van der Waals surface area contributed by atoms with Crippen molar-refractivity contribution in [2.24, 2.45) is 0 Å². The van der Waals surface area contributed by atoms with E-state index in [0.29, 0.717) is 23.1 Å². The van der Waals surface area contributed by atoms with Crippen molar-refractivity contribution >= 4 is 61.2 Å². The number of hydrogen-bond acceptors (Lipinski definition) is 3. The summed E-state index contributed by atoms with van der Waals surface area (Å²) in [6.07, 6.45) is 2.60. The Morgan fingerprint density at radius 1 is 1.43 bits per heavy atom. The maximum absolute atomic E-state index is 12.3. The summed E-state index contributed by atoms with van der Waals surface area (Å²) in [5, 5.41) is 3.41. The highest BCUT2D eigenvalue weighted by Gasteiger charge is 2.30.